The van der Waals surface area contributed by atoms with Crippen molar-refractivity contribution in [1.29, 1.82) is 0 Å². The monoisotopic (exact) mass is 574 g/mol. The number of nitrogens with zero attached hydrogens (tertiary/aromatic N) is 2. The van der Waals surface area contributed by atoms with E-state index in [0.29, 0.717) is 42.3 Å². The number of aliphatic carboxylic acids is 1. The van der Waals surface area contributed by atoms with E-state index in [1.807, 2.05) is 60.7 Å². The van der Waals surface area contributed by atoms with Gasteiger partial charge in [-0.3, -0.25) is 9.69 Å². The highest BCUT2D eigenvalue weighted by atomic mass is 79.9. The molecular formula is C29H23BrN2O6. The Labute approximate surface area is 226 Å². The summed E-state index contributed by atoms with van der Waals surface area (Å²) >= 11 is 3.42. The average molecular weight is 575 g/mol. The zero-order chi connectivity index (χ0) is 26.2. The van der Waals surface area contributed by atoms with Crippen molar-refractivity contribution in [3.63, 3.8) is 0 Å². The maximum atomic E-state index is 12.9. The fourth-order valence-electron chi connectivity index (χ4n) is 5.07. The van der Waals surface area contributed by atoms with E-state index in [4.69, 9.17) is 13.9 Å². The highest BCUT2D eigenvalue weighted by Crippen LogP contribution is 2.48. The number of carboxylic acids is 1. The van der Waals surface area contributed by atoms with E-state index in [1.165, 1.54) is 0 Å². The van der Waals surface area contributed by atoms with Gasteiger partial charge in [-0.2, -0.15) is 0 Å². The number of rotatable bonds is 8. The molecule has 0 spiro atoms. The third kappa shape index (κ3) is 4.59. The highest BCUT2D eigenvalue weighted by Gasteiger charge is 2.54. The van der Waals surface area contributed by atoms with Crippen molar-refractivity contribution in [2.24, 2.45) is 0 Å². The molecule has 0 amide bonds. The Kier molecular flexibility index (Phi) is 6.47. The Bertz CT molecular complexity index is 1490. The minimum atomic E-state index is -1.03. The Morgan fingerprint density at radius 1 is 1.05 bits per heavy atom. The molecule has 3 aromatic carbocycles. The molecule has 7 rings (SSSR count). The molecule has 1 N–H and O–H groups in total. The lowest BCUT2D eigenvalue weighted by molar-refractivity contribution is -0.188. The summed E-state index contributed by atoms with van der Waals surface area (Å²) in [5.74, 6) is -0.336. The number of carbonyl (C=O) groups excluding carboxylic acids is 1. The molecule has 0 radical (unpaired) electrons. The highest BCUT2D eigenvalue weighted by molar-refractivity contribution is 9.10. The maximum Gasteiger partial charge on any atom is 0.328 e. The van der Waals surface area contributed by atoms with Crippen molar-refractivity contribution in [2.45, 2.75) is 31.2 Å². The van der Waals surface area contributed by atoms with E-state index >= 15 is 0 Å². The SMILES string of the molecule is O=C1OC2c3ccc(OCCc4coc(-c5ccccc5)n4)cc3C1N(Cc1ccc(Br)cc1)C2C(=O)O. The van der Waals surface area contributed by atoms with E-state index in [9.17, 15) is 14.7 Å². The van der Waals surface area contributed by atoms with Crippen LogP contribution >= 0.6 is 15.9 Å². The molecule has 38 heavy (non-hydrogen) atoms. The molecule has 0 saturated carbocycles. The molecule has 9 heteroatoms. The molecular weight excluding hydrogens is 552 g/mol. The first-order valence-corrected chi connectivity index (χ1v) is 13.0. The van der Waals surface area contributed by atoms with E-state index in [0.717, 1.165) is 21.3 Å². The maximum absolute atomic E-state index is 12.9. The Morgan fingerprint density at radius 3 is 2.61 bits per heavy atom. The first-order valence-electron chi connectivity index (χ1n) is 12.2. The van der Waals surface area contributed by atoms with E-state index in [-0.39, 0.29) is 0 Å². The van der Waals surface area contributed by atoms with E-state index in [1.54, 1.807) is 23.3 Å². The van der Waals surface area contributed by atoms with Crippen LogP contribution in [0.4, 0.5) is 0 Å². The van der Waals surface area contributed by atoms with Gasteiger partial charge in [-0.05, 0) is 47.5 Å². The number of hydrogen-bond donors (Lipinski definition) is 1. The predicted octanol–water partition coefficient (Wildman–Crippen LogP) is 5.33. The molecule has 3 aliphatic heterocycles. The number of esters is 1. The Hall–Kier alpha value is -3.95. The van der Waals surface area contributed by atoms with Crippen molar-refractivity contribution in [3.8, 4) is 17.2 Å². The number of oxazole rings is 1. The van der Waals surface area contributed by atoms with Gasteiger partial charge in [0, 0.05) is 28.6 Å². The van der Waals surface area contributed by atoms with Crippen LogP contribution in [0.3, 0.4) is 0 Å². The van der Waals surface area contributed by atoms with Gasteiger partial charge in [-0.25, -0.2) is 9.78 Å². The number of halogens is 1. The van der Waals surface area contributed by atoms with Crippen LogP contribution in [0.25, 0.3) is 11.5 Å². The Morgan fingerprint density at radius 2 is 1.84 bits per heavy atom. The van der Waals surface area contributed by atoms with Gasteiger partial charge in [-0.15, -0.1) is 0 Å². The van der Waals surface area contributed by atoms with Crippen LogP contribution in [0, 0.1) is 0 Å². The number of ether oxygens (including phenoxy) is 2. The molecule has 1 saturated heterocycles. The smallest absolute Gasteiger partial charge is 0.328 e. The van der Waals surface area contributed by atoms with Crippen molar-refractivity contribution >= 4 is 27.9 Å². The first kappa shape index (κ1) is 24.4. The van der Waals surface area contributed by atoms with Crippen LogP contribution in [0.1, 0.15) is 34.5 Å². The predicted molar refractivity (Wildman–Crippen MR) is 140 cm³/mol. The van der Waals surface area contributed by atoms with Crippen molar-refractivity contribution in [1.82, 2.24) is 9.88 Å². The number of aromatic nitrogens is 1. The second-order valence-electron chi connectivity index (χ2n) is 9.24. The van der Waals surface area contributed by atoms with Gasteiger partial charge >= 0.3 is 11.9 Å². The van der Waals surface area contributed by atoms with E-state index < -0.39 is 30.1 Å². The van der Waals surface area contributed by atoms with Crippen LogP contribution in [0.2, 0.25) is 0 Å². The van der Waals surface area contributed by atoms with Gasteiger partial charge in [0.05, 0.1) is 12.3 Å². The average Bonchev–Trinajstić information content (AvgIpc) is 3.39. The standard InChI is InChI=1S/C29H23BrN2O6/c30-19-8-6-17(7-9-19)15-32-24-23-14-21(10-11-22(23)26(38-29(24)35)25(32)28(33)34)36-13-12-20-16-37-27(31-20)18-4-2-1-3-5-18/h1-11,14,16,24-26H,12-13,15H2,(H,33,34). The van der Waals surface area contributed by atoms with Gasteiger partial charge in [0.1, 0.15) is 18.1 Å². The van der Waals surface area contributed by atoms with Crippen LogP contribution in [0.5, 0.6) is 5.75 Å². The summed E-state index contributed by atoms with van der Waals surface area (Å²) in [5.41, 5.74) is 3.99. The number of fused-ring (bicyclic) bond motifs is 2. The summed E-state index contributed by atoms with van der Waals surface area (Å²) in [6, 6.07) is 20.8. The molecule has 1 aromatic heterocycles. The van der Waals surface area contributed by atoms with Gasteiger partial charge in [0.15, 0.2) is 12.1 Å². The van der Waals surface area contributed by atoms with Crippen LogP contribution in [0.15, 0.2) is 87.9 Å². The van der Waals surface area contributed by atoms with Crippen LogP contribution in [-0.4, -0.2) is 39.6 Å². The normalized spacial score (nSPS) is 20.1. The lowest BCUT2D eigenvalue weighted by atomic mass is 9.82. The number of carboxylic acid groups (broad SMARTS) is 1. The molecule has 8 nitrogen and oxygen atoms in total. The number of hydrogen-bond acceptors (Lipinski definition) is 7. The number of morpholine rings is 1. The quantitative estimate of drug-likeness (QED) is 0.281. The minimum Gasteiger partial charge on any atom is -0.493 e. The van der Waals surface area contributed by atoms with Gasteiger partial charge in [0.2, 0.25) is 5.89 Å². The molecule has 4 heterocycles. The summed E-state index contributed by atoms with van der Waals surface area (Å²) in [7, 11) is 0. The number of carbonyl (C=O) groups is 2. The summed E-state index contributed by atoms with van der Waals surface area (Å²) in [6.07, 6.45) is 1.27. The molecule has 4 aromatic rings. The van der Waals surface area contributed by atoms with Crippen molar-refractivity contribution < 1.29 is 28.6 Å². The summed E-state index contributed by atoms with van der Waals surface area (Å²) < 4.78 is 18.1. The Balaban J connectivity index is 1.20. The fourth-order valence-corrected chi connectivity index (χ4v) is 5.34. The molecule has 3 aliphatic rings. The molecule has 1 fully saturated rings. The lowest BCUT2D eigenvalue weighted by Gasteiger charge is -2.48. The zero-order valence-electron chi connectivity index (χ0n) is 20.1. The number of benzene rings is 3. The molecule has 3 unspecified atom stereocenters. The lowest BCUT2D eigenvalue weighted by Crippen LogP contribution is -2.58. The molecule has 0 aliphatic carbocycles. The third-order valence-corrected chi connectivity index (χ3v) is 7.36. The van der Waals surface area contributed by atoms with Crippen LogP contribution < -0.4 is 4.74 Å². The fraction of sp³-hybridized carbons (Fsp3) is 0.207. The van der Waals surface area contributed by atoms with Crippen molar-refractivity contribution in [3.05, 3.63) is 106 Å². The second-order valence-corrected chi connectivity index (χ2v) is 10.2. The van der Waals surface area contributed by atoms with Gasteiger partial charge in [-0.1, -0.05) is 52.3 Å². The zero-order valence-corrected chi connectivity index (χ0v) is 21.7. The van der Waals surface area contributed by atoms with Gasteiger partial charge < -0.3 is 19.0 Å². The van der Waals surface area contributed by atoms with E-state index in [2.05, 4.69) is 20.9 Å². The third-order valence-electron chi connectivity index (χ3n) is 6.83. The molecule has 3 atom stereocenters. The summed E-state index contributed by atoms with van der Waals surface area (Å²) in [5, 5.41) is 10.0. The van der Waals surface area contributed by atoms with Gasteiger partial charge in [0.25, 0.3) is 0 Å². The second kappa shape index (κ2) is 10.1. The largest absolute Gasteiger partial charge is 0.493 e. The first-order chi connectivity index (χ1) is 18.5. The summed E-state index contributed by atoms with van der Waals surface area (Å²) in [4.78, 5) is 31.5. The molecule has 192 valence electrons. The van der Waals surface area contributed by atoms with Crippen LogP contribution in [-0.2, 0) is 27.3 Å². The minimum absolute atomic E-state index is 0.293. The molecule has 2 bridgehead atoms. The topological polar surface area (TPSA) is 102 Å². The van der Waals surface area contributed by atoms with Crippen molar-refractivity contribution in [2.75, 3.05) is 6.61 Å². The summed E-state index contributed by atoms with van der Waals surface area (Å²) in [6.45, 7) is 0.652.